The van der Waals surface area contributed by atoms with Gasteiger partial charge in [-0.3, -0.25) is 0 Å². The van der Waals surface area contributed by atoms with E-state index in [-0.39, 0.29) is 5.75 Å². The van der Waals surface area contributed by atoms with Crippen LogP contribution in [0.1, 0.15) is 27.2 Å². The average molecular weight is 661 g/mol. The molecule has 0 saturated heterocycles. The molecule has 0 radical (unpaired) electrons. The molecule has 0 aliphatic rings. The van der Waals surface area contributed by atoms with Crippen LogP contribution in [0.2, 0.25) is 0 Å². The topological polar surface area (TPSA) is 67.8 Å². The minimum absolute atomic E-state index is 0.260. The number of rotatable bonds is 5. The lowest BCUT2D eigenvalue weighted by atomic mass is 10.2. The standard InChI is InChI=1S/C14H19Br2NO3.C6H4Br2O/c1-14(2,3)20-13(18)17-5-4-6-19-12-8-10(15)7-11(16)9-12;7-4-1-5(8)3-6(9)2-4/h7-9H,4-6H2,1-3H3,(H,17,18);1-3,9H. The van der Waals surface area contributed by atoms with Crippen LogP contribution in [-0.4, -0.2) is 30.0 Å². The van der Waals surface area contributed by atoms with E-state index in [0.29, 0.717) is 19.6 Å². The highest BCUT2D eigenvalue weighted by Crippen LogP contribution is 2.25. The van der Waals surface area contributed by atoms with E-state index < -0.39 is 11.7 Å². The molecule has 0 bridgehead atoms. The van der Waals surface area contributed by atoms with Gasteiger partial charge in [0.1, 0.15) is 17.1 Å². The second-order valence-electron chi connectivity index (χ2n) is 6.86. The summed E-state index contributed by atoms with van der Waals surface area (Å²) in [5.74, 6) is 1.04. The van der Waals surface area contributed by atoms with Crippen LogP contribution >= 0.6 is 63.7 Å². The summed E-state index contributed by atoms with van der Waals surface area (Å²) in [6.45, 7) is 6.55. The molecule has 0 aromatic heterocycles. The largest absolute Gasteiger partial charge is 0.508 e. The summed E-state index contributed by atoms with van der Waals surface area (Å²) in [5.41, 5.74) is -0.469. The highest BCUT2D eigenvalue weighted by Gasteiger charge is 2.15. The molecule has 29 heavy (non-hydrogen) atoms. The van der Waals surface area contributed by atoms with Crippen molar-refractivity contribution in [1.82, 2.24) is 5.32 Å². The average Bonchev–Trinajstić information content (AvgIpc) is 2.51. The lowest BCUT2D eigenvalue weighted by Gasteiger charge is -2.19. The number of phenols is 1. The van der Waals surface area contributed by atoms with Crippen LogP contribution in [0.25, 0.3) is 0 Å². The van der Waals surface area contributed by atoms with Crippen LogP contribution in [0.3, 0.4) is 0 Å². The Morgan fingerprint density at radius 3 is 1.86 bits per heavy atom. The number of alkyl carbamates (subject to hydrolysis) is 1. The van der Waals surface area contributed by atoms with E-state index in [2.05, 4.69) is 69.0 Å². The molecule has 2 N–H and O–H groups in total. The minimum atomic E-state index is -0.469. The first kappa shape index (κ1) is 26.3. The first-order valence-corrected chi connectivity index (χ1v) is 11.8. The molecule has 1 amide bonds. The number of carbonyl (C=O) groups excluding carboxylic acids is 1. The quantitative estimate of drug-likeness (QED) is 0.328. The zero-order valence-corrected chi connectivity index (χ0v) is 22.6. The van der Waals surface area contributed by atoms with Crippen molar-refractivity contribution < 1.29 is 19.4 Å². The third-order valence-electron chi connectivity index (χ3n) is 2.94. The molecule has 5 nitrogen and oxygen atoms in total. The monoisotopic (exact) mass is 657 g/mol. The summed E-state index contributed by atoms with van der Waals surface area (Å²) in [5, 5.41) is 11.6. The van der Waals surface area contributed by atoms with Crippen molar-refractivity contribution in [2.75, 3.05) is 13.2 Å². The van der Waals surface area contributed by atoms with Crippen molar-refractivity contribution in [3.05, 3.63) is 54.3 Å². The van der Waals surface area contributed by atoms with E-state index in [1.54, 1.807) is 12.1 Å². The maximum atomic E-state index is 11.4. The Balaban J connectivity index is 0.000000387. The van der Waals surface area contributed by atoms with Gasteiger partial charge in [0, 0.05) is 24.4 Å². The molecular formula is C20H23Br4NO4. The van der Waals surface area contributed by atoms with Crippen molar-refractivity contribution in [2.45, 2.75) is 32.8 Å². The number of amides is 1. The smallest absolute Gasteiger partial charge is 0.407 e. The Morgan fingerprint density at radius 1 is 0.931 bits per heavy atom. The molecule has 0 fully saturated rings. The Hall–Kier alpha value is -0.770. The zero-order valence-electron chi connectivity index (χ0n) is 16.3. The van der Waals surface area contributed by atoms with Gasteiger partial charge in [0.2, 0.25) is 0 Å². The Kier molecular flexibility index (Phi) is 11.6. The number of benzene rings is 2. The molecule has 0 unspecified atom stereocenters. The van der Waals surface area contributed by atoms with Gasteiger partial charge in [-0.2, -0.15) is 0 Å². The van der Waals surface area contributed by atoms with Gasteiger partial charge in [-0.05, 0) is 63.6 Å². The predicted octanol–water partition coefficient (Wildman–Crippen LogP) is 7.42. The third kappa shape index (κ3) is 13.2. The van der Waals surface area contributed by atoms with Gasteiger partial charge in [0.25, 0.3) is 0 Å². The Morgan fingerprint density at radius 2 is 1.41 bits per heavy atom. The number of hydrogen-bond acceptors (Lipinski definition) is 4. The van der Waals surface area contributed by atoms with E-state index in [1.165, 1.54) is 0 Å². The molecule has 2 aromatic carbocycles. The Bertz CT molecular complexity index is 739. The van der Waals surface area contributed by atoms with Gasteiger partial charge in [-0.1, -0.05) is 63.7 Å². The molecule has 160 valence electrons. The predicted molar refractivity (Wildman–Crippen MR) is 130 cm³/mol. The van der Waals surface area contributed by atoms with Crippen molar-refractivity contribution in [3.8, 4) is 11.5 Å². The summed E-state index contributed by atoms with van der Waals surface area (Å²) in [7, 11) is 0. The third-order valence-corrected chi connectivity index (χ3v) is 4.77. The molecule has 2 aromatic rings. The maximum Gasteiger partial charge on any atom is 0.407 e. The van der Waals surface area contributed by atoms with Crippen LogP contribution in [0.4, 0.5) is 4.79 Å². The molecule has 0 aliphatic heterocycles. The SMILES string of the molecule is CC(C)(C)OC(=O)NCCCOc1cc(Br)cc(Br)c1.Oc1cc(Br)cc(Br)c1. The van der Waals surface area contributed by atoms with Gasteiger partial charge in [0.05, 0.1) is 6.61 Å². The van der Waals surface area contributed by atoms with E-state index in [1.807, 2.05) is 45.0 Å². The Labute approximate surface area is 205 Å². The zero-order chi connectivity index (χ0) is 22.0. The van der Waals surface area contributed by atoms with E-state index in [0.717, 1.165) is 23.6 Å². The van der Waals surface area contributed by atoms with Crippen molar-refractivity contribution >= 4 is 69.8 Å². The highest BCUT2D eigenvalue weighted by atomic mass is 79.9. The number of hydrogen-bond donors (Lipinski definition) is 2. The molecule has 0 spiro atoms. The molecule has 2 rings (SSSR count). The van der Waals surface area contributed by atoms with Crippen LogP contribution < -0.4 is 10.1 Å². The summed E-state index contributed by atoms with van der Waals surface area (Å²) in [6, 6.07) is 10.9. The van der Waals surface area contributed by atoms with Gasteiger partial charge in [0.15, 0.2) is 0 Å². The maximum absolute atomic E-state index is 11.4. The molecular weight excluding hydrogens is 638 g/mol. The number of aromatic hydroxyl groups is 1. The van der Waals surface area contributed by atoms with E-state index in [4.69, 9.17) is 14.6 Å². The summed E-state index contributed by atoms with van der Waals surface area (Å²) in [4.78, 5) is 11.4. The number of phenolic OH excluding ortho intramolecular Hbond substituents is 1. The summed E-state index contributed by atoms with van der Waals surface area (Å²) >= 11 is 13.2. The lowest BCUT2D eigenvalue weighted by Crippen LogP contribution is -2.33. The molecule has 0 atom stereocenters. The fraction of sp³-hybridized carbons (Fsp3) is 0.350. The number of nitrogens with one attached hydrogen (secondary N) is 1. The van der Waals surface area contributed by atoms with Gasteiger partial charge >= 0.3 is 6.09 Å². The normalized spacial score (nSPS) is 10.6. The molecule has 9 heteroatoms. The van der Waals surface area contributed by atoms with Crippen molar-refractivity contribution in [1.29, 1.82) is 0 Å². The summed E-state index contributed by atoms with van der Waals surface area (Å²) in [6.07, 6.45) is 0.311. The highest BCUT2D eigenvalue weighted by molar-refractivity contribution is 9.11. The van der Waals surface area contributed by atoms with Crippen LogP contribution in [0.15, 0.2) is 54.3 Å². The minimum Gasteiger partial charge on any atom is -0.508 e. The van der Waals surface area contributed by atoms with Crippen LogP contribution in [0, 0.1) is 0 Å². The van der Waals surface area contributed by atoms with Crippen LogP contribution in [-0.2, 0) is 4.74 Å². The van der Waals surface area contributed by atoms with Gasteiger partial charge in [-0.15, -0.1) is 0 Å². The van der Waals surface area contributed by atoms with Crippen molar-refractivity contribution in [2.24, 2.45) is 0 Å². The second kappa shape index (κ2) is 12.8. The summed E-state index contributed by atoms with van der Waals surface area (Å²) < 4.78 is 14.4. The number of halogens is 4. The first-order valence-electron chi connectivity index (χ1n) is 8.65. The molecule has 0 heterocycles. The van der Waals surface area contributed by atoms with Crippen molar-refractivity contribution in [3.63, 3.8) is 0 Å². The number of carbonyl (C=O) groups is 1. The number of ether oxygens (including phenoxy) is 2. The fourth-order valence-electron chi connectivity index (χ4n) is 1.92. The van der Waals surface area contributed by atoms with E-state index in [9.17, 15) is 4.79 Å². The first-order chi connectivity index (χ1) is 13.4. The second-order valence-corrected chi connectivity index (χ2v) is 10.5. The van der Waals surface area contributed by atoms with Gasteiger partial charge in [-0.25, -0.2) is 4.79 Å². The molecule has 0 aliphatic carbocycles. The van der Waals surface area contributed by atoms with Gasteiger partial charge < -0.3 is 19.9 Å². The van der Waals surface area contributed by atoms with E-state index >= 15 is 0 Å². The lowest BCUT2D eigenvalue weighted by molar-refractivity contribution is 0.0525. The molecule has 0 saturated carbocycles. The van der Waals surface area contributed by atoms with Crippen LogP contribution in [0.5, 0.6) is 11.5 Å². The fourth-order valence-corrected chi connectivity index (χ4v) is 4.44.